The second-order valence-corrected chi connectivity index (χ2v) is 6.26. The van der Waals surface area contributed by atoms with Gasteiger partial charge >= 0.3 is 0 Å². The first-order valence-corrected chi connectivity index (χ1v) is 7.89. The van der Waals surface area contributed by atoms with Crippen molar-refractivity contribution in [1.29, 1.82) is 0 Å². The van der Waals surface area contributed by atoms with Crippen molar-refractivity contribution in [3.05, 3.63) is 58.5 Å². The van der Waals surface area contributed by atoms with Gasteiger partial charge in [-0.2, -0.15) is 0 Å². The average molecular weight is 341 g/mol. The van der Waals surface area contributed by atoms with E-state index in [2.05, 4.69) is 74.0 Å². The van der Waals surface area contributed by atoms with Crippen LogP contribution in [0, 0.1) is 0 Å². The fourth-order valence-corrected chi connectivity index (χ4v) is 3.53. The van der Waals surface area contributed by atoms with Gasteiger partial charge in [0, 0.05) is 10.8 Å². The molecule has 2 aromatic heterocycles. The number of benzene rings is 2. The third-order valence-corrected chi connectivity index (χ3v) is 4.82. The Morgan fingerprint density at radius 3 is 2.30 bits per heavy atom. The summed E-state index contributed by atoms with van der Waals surface area (Å²) in [5, 5.41) is 15.3. The van der Waals surface area contributed by atoms with E-state index in [-0.39, 0.29) is 0 Å². The third-order valence-electron chi connectivity index (χ3n) is 3.36. The van der Waals surface area contributed by atoms with Gasteiger partial charge in [-0.25, -0.2) is 0 Å². The summed E-state index contributed by atoms with van der Waals surface area (Å²) in [6.07, 6.45) is 0. The van der Waals surface area contributed by atoms with Crippen molar-refractivity contribution >= 4 is 48.8 Å². The Kier molecular flexibility index (Phi) is 2.79. The first-order valence-electron chi connectivity index (χ1n) is 6.21. The molecule has 20 heavy (non-hydrogen) atoms. The van der Waals surface area contributed by atoms with Crippen LogP contribution in [0.1, 0.15) is 0 Å². The molecule has 0 aliphatic carbocycles. The Morgan fingerprint density at radius 1 is 0.850 bits per heavy atom. The van der Waals surface area contributed by atoms with Crippen LogP contribution in [0.4, 0.5) is 0 Å². The van der Waals surface area contributed by atoms with Gasteiger partial charge in [0.1, 0.15) is 10.3 Å². The minimum atomic E-state index is 0.790. The quantitative estimate of drug-likeness (QED) is 0.441. The maximum Gasteiger partial charge on any atom is 0.136 e. The molecule has 2 nitrogen and oxygen atoms in total. The summed E-state index contributed by atoms with van der Waals surface area (Å²) in [6, 6.07) is 16.8. The molecule has 0 bridgehead atoms. The lowest BCUT2D eigenvalue weighted by atomic mass is 10.0. The molecule has 0 unspecified atom stereocenters. The Bertz CT molecular complexity index is 916. The lowest BCUT2D eigenvalue weighted by Crippen LogP contribution is -1.90. The van der Waals surface area contributed by atoms with Crippen LogP contribution in [0.2, 0.25) is 0 Å². The number of nitrogens with zero attached hydrogens (tertiary/aromatic N) is 2. The predicted molar refractivity (Wildman–Crippen MR) is 88.1 cm³/mol. The summed E-state index contributed by atoms with van der Waals surface area (Å²) in [7, 11) is 0. The van der Waals surface area contributed by atoms with E-state index in [1.54, 1.807) is 11.3 Å². The smallest absolute Gasteiger partial charge is 0.136 e. The molecule has 0 saturated carbocycles. The summed E-state index contributed by atoms with van der Waals surface area (Å²) in [4.78, 5) is 1.14. The fourth-order valence-electron chi connectivity index (χ4n) is 2.40. The molecule has 0 saturated heterocycles. The molecule has 0 amide bonds. The van der Waals surface area contributed by atoms with Crippen molar-refractivity contribution in [2.24, 2.45) is 0 Å². The molecule has 0 aliphatic heterocycles. The first kappa shape index (κ1) is 12.0. The Morgan fingerprint density at radius 2 is 1.60 bits per heavy atom. The highest BCUT2D eigenvalue weighted by Crippen LogP contribution is 2.34. The van der Waals surface area contributed by atoms with Crippen LogP contribution in [0.3, 0.4) is 0 Å². The van der Waals surface area contributed by atoms with Crippen LogP contribution >= 0.6 is 27.3 Å². The van der Waals surface area contributed by atoms with Crippen LogP contribution in [0.5, 0.6) is 0 Å². The summed E-state index contributed by atoms with van der Waals surface area (Å²) in [5.41, 5.74) is 0.948. The maximum absolute atomic E-state index is 4.37. The van der Waals surface area contributed by atoms with E-state index in [9.17, 15) is 0 Å². The van der Waals surface area contributed by atoms with Gasteiger partial charge in [0.15, 0.2) is 0 Å². The predicted octanol–water partition coefficient (Wildman–Crippen LogP) is 5.27. The number of thiophene rings is 1. The van der Waals surface area contributed by atoms with Crippen LogP contribution in [-0.2, 0) is 0 Å². The molecule has 0 N–H and O–H groups in total. The van der Waals surface area contributed by atoms with E-state index < -0.39 is 0 Å². The molecular formula is C16H9BrN2S. The summed E-state index contributed by atoms with van der Waals surface area (Å²) in [5.74, 6) is 0. The van der Waals surface area contributed by atoms with Gasteiger partial charge in [-0.3, -0.25) is 0 Å². The second kappa shape index (κ2) is 4.65. The molecule has 4 aromatic rings. The highest BCUT2D eigenvalue weighted by atomic mass is 79.9. The number of fused-ring (bicyclic) bond motifs is 2. The van der Waals surface area contributed by atoms with Crippen LogP contribution < -0.4 is 0 Å². The van der Waals surface area contributed by atoms with Crippen molar-refractivity contribution in [1.82, 2.24) is 10.2 Å². The molecule has 0 fully saturated rings. The van der Waals surface area contributed by atoms with E-state index in [4.69, 9.17) is 0 Å². The molecule has 0 spiro atoms. The monoisotopic (exact) mass is 340 g/mol. The SMILES string of the molecule is Brc1nnc(-c2cccs2)c2cc3ccccc3cc12. The molecule has 4 rings (SSSR count). The van der Waals surface area contributed by atoms with Gasteiger partial charge in [-0.05, 0) is 50.3 Å². The summed E-state index contributed by atoms with van der Waals surface area (Å²) in [6.45, 7) is 0. The number of hydrogen-bond acceptors (Lipinski definition) is 3. The first-order chi connectivity index (χ1) is 9.83. The molecule has 4 heteroatoms. The third kappa shape index (κ3) is 1.84. The van der Waals surface area contributed by atoms with Crippen molar-refractivity contribution in [3.63, 3.8) is 0 Å². The van der Waals surface area contributed by atoms with Crippen molar-refractivity contribution in [3.8, 4) is 10.6 Å². The second-order valence-electron chi connectivity index (χ2n) is 4.56. The average Bonchev–Trinajstić information content (AvgIpc) is 3.00. The van der Waals surface area contributed by atoms with E-state index in [1.807, 2.05) is 6.07 Å². The Hall–Kier alpha value is -1.78. The fraction of sp³-hybridized carbons (Fsp3) is 0. The molecule has 0 atom stereocenters. The normalized spacial score (nSPS) is 11.2. The maximum atomic E-state index is 4.37. The highest BCUT2D eigenvalue weighted by molar-refractivity contribution is 9.10. The number of halogens is 1. The van der Waals surface area contributed by atoms with Gasteiger partial charge in [0.2, 0.25) is 0 Å². The Labute approximate surface area is 128 Å². The van der Waals surface area contributed by atoms with Crippen LogP contribution in [-0.4, -0.2) is 10.2 Å². The molecule has 0 aliphatic rings. The zero-order valence-corrected chi connectivity index (χ0v) is 12.8. The summed E-state index contributed by atoms with van der Waals surface area (Å²) >= 11 is 5.19. The van der Waals surface area contributed by atoms with Crippen molar-refractivity contribution in [2.45, 2.75) is 0 Å². The van der Waals surface area contributed by atoms with Crippen LogP contribution in [0.25, 0.3) is 32.1 Å². The highest BCUT2D eigenvalue weighted by Gasteiger charge is 2.11. The van der Waals surface area contributed by atoms with Gasteiger partial charge in [-0.1, -0.05) is 30.3 Å². The minimum absolute atomic E-state index is 0.790. The minimum Gasteiger partial charge on any atom is -0.148 e. The van der Waals surface area contributed by atoms with Gasteiger partial charge in [-0.15, -0.1) is 21.5 Å². The zero-order valence-electron chi connectivity index (χ0n) is 10.4. The number of aromatic nitrogens is 2. The van der Waals surface area contributed by atoms with Gasteiger partial charge in [0.25, 0.3) is 0 Å². The topological polar surface area (TPSA) is 25.8 Å². The number of rotatable bonds is 1. The van der Waals surface area contributed by atoms with Gasteiger partial charge < -0.3 is 0 Å². The number of hydrogen-bond donors (Lipinski definition) is 0. The molecule has 2 heterocycles. The van der Waals surface area contributed by atoms with E-state index >= 15 is 0 Å². The lowest BCUT2D eigenvalue weighted by Gasteiger charge is -2.07. The van der Waals surface area contributed by atoms with Crippen LogP contribution in [0.15, 0.2) is 58.5 Å². The zero-order chi connectivity index (χ0) is 13.5. The van der Waals surface area contributed by atoms with E-state index in [0.717, 1.165) is 25.9 Å². The molecule has 0 radical (unpaired) electrons. The molecular weight excluding hydrogens is 332 g/mol. The van der Waals surface area contributed by atoms with Crippen molar-refractivity contribution in [2.75, 3.05) is 0 Å². The van der Waals surface area contributed by atoms with E-state index in [0.29, 0.717) is 0 Å². The largest absolute Gasteiger partial charge is 0.148 e. The molecule has 96 valence electrons. The standard InChI is InChI=1S/C16H9BrN2S/c17-16-13-9-11-5-2-1-4-10(11)8-12(13)15(18-19-16)14-6-3-7-20-14/h1-9H. The lowest BCUT2D eigenvalue weighted by molar-refractivity contribution is 1.04. The summed E-state index contributed by atoms with van der Waals surface area (Å²) < 4.78 is 0.790. The molecule has 2 aromatic carbocycles. The van der Waals surface area contributed by atoms with Crippen molar-refractivity contribution < 1.29 is 0 Å². The Balaban J connectivity index is 2.16. The van der Waals surface area contributed by atoms with E-state index in [1.165, 1.54) is 10.8 Å². The van der Waals surface area contributed by atoms with Gasteiger partial charge in [0.05, 0.1) is 4.88 Å².